The number of carbonyl (C=O) groups is 2. The second-order valence-electron chi connectivity index (χ2n) is 5.12. The van der Waals surface area contributed by atoms with Crippen molar-refractivity contribution < 1.29 is 14.3 Å². The van der Waals surface area contributed by atoms with E-state index in [1.165, 1.54) is 14.0 Å². The largest absolute Gasteiger partial charge is 0.465 e. The lowest BCUT2D eigenvalue weighted by atomic mass is 9.91. The van der Waals surface area contributed by atoms with Gasteiger partial charge in [0.05, 0.1) is 23.9 Å². The zero-order valence-corrected chi connectivity index (χ0v) is 13.1. The van der Waals surface area contributed by atoms with E-state index in [9.17, 15) is 9.59 Å². The molecule has 5 nitrogen and oxygen atoms in total. The van der Waals surface area contributed by atoms with E-state index < -0.39 is 5.97 Å². The highest BCUT2D eigenvalue weighted by molar-refractivity contribution is 6.10. The van der Waals surface area contributed by atoms with Gasteiger partial charge in [0.25, 0.3) is 0 Å². The smallest absolute Gasteiger partial charge is 0.340 e. The van der Waals surface area contributed by atoms with Gasteiger partial charge in [-0.1, -0.05) is 29.8 Å². The lowest BCUT2D eigenvalue weighted by Gasteiger charge is -2.16. The highest BCUT2D eigenvalue weighted by atomic mass is 16.5. The molecule has 0 amide bonds. The Labute approximate surface area is 129 Å². The van der Waals surface area contributed by atoms with Gasteiger partial charge in [0, 0.05) is 5.56 Å². The normalized spacial score (nSPS) is 10.4. The number of methoxy groups -OCH3 is 1. The number of carbonyl (C=O) groups excluding carboxylic acids is 2. The number of hydrogen-bond donors (Lipinski definition) is 1. The Morgan fingerprint density at radius 3 is 2.18 bits per heavy atom. The van der Waals surface area contributed by atoms with Crippen molar-refractivity contribution in [2.45, 2.75) is 20.8 Å². The van der Waals surface area contributed by atoms with Crippen molar-refractivity contribution in [1.29, 1.82) is 0 Å². The summed E-state index contributed by atoms with van der Waals surface area (Å²) in [6.45, 7) is 5.04. The number of nitrogens with zero attached hydrogens (tertiary/aromatic N) is 1. The molecule has 22 heavy (non-hydrogen) atoms. The summed E-state index contributed by atoms with van der Waals surface area (Å²) in [7, 11) is 1.30. The second-order valence-corrected chi connectivity index (χ2v) is 5.12. The summed E-state index contributed by atoms with van der Waals surface area (Å²) in [5.41, 5.74) is 9.15. The number of rotatable bonds is 3. The number of Topliss-reactive ketones (excluding diaryl/α,β-unsaturated/α-hetero) is 1. The van der Waals surface area contributed by atoms with Crippen molar-refractivity contribution in [2.24, 2.45) is 0 Å². The summed E-state index contributed by atoms with van der Waals surface area (Å²) >= 11 is 0. The number of ketones is 1. The van der Waals surface area contributed by atoms with Crippen LogP contribution in [-0.4, -0.2) is 23.8 Å². The zero-order chi connectivity index (χ0) is 16.4. The van der Waals surface area contributed by atoms with Crippen LogP contribution >= 0.6 is 0 Å². The van der Waals surface area contributed by atoms with E-state index in [2.05, 4.69) is 4.98 Å². The molecule has 0 radical (unpaired) electrons. The number of nitrogen functional groups attached to an aromatic ring is 1. The number of nitrogens with two attached hydrogens (primary N) is 1. The summed E-state index contributed by atoms with van der Waals surface area (Å²) < 4.78 is 4.85. The molecular formula is C17H18N2O3. The summed E-state index contributed by atoms with van der Waals surface area (Å²) in [4.78, 5) is 28.3. The fraction of sp³-hybridized carbons (Fsp3) is 0.235. The standard InChI is InChI=1S/C17H18N2O3/c1-9-5-7-12(8-6-9)15-13(17(21)22-4)10(2)19-16(18)14(15)11(3)20/h5-8H,1-4H3,(H2,18,19). The molecule has 1 aromatic heterocycles. The third-order valence-corrected chi connectivity index (χ3v) is 3.49. The van der Waals surface area contributed by atoms with E-state index in [4.69, 9.17) is 10.5 Å². The molecule has 1 aromatic carbocycles. The number of hydrogen-bond acceptors (Lipinski definition) is 5. The molecule has 0 aliphatic heterocycles. The van der Waals surface area contributed by atoms with E-state index in [-0.39, 0.29) is 22.7 Å². The average Bonchev–Trinajstić information content (AvgIpc) is 2.46. The molecule has 0 unspecified atom stereocenters. The Bertz CT molecular complexity index is 749. The number of aromatic nitrogens is 1. The molecule has 0 aliphatic rings. The van der Waals surface area contributed by atoms with Crippen LogP contribution in [0, 0.1) is 13.8 Å². The van der Waals surface area contributed by atoms with Gasteiger partial charge in [-0.3, -0.25) is 4.79 Å². The molecule has 0 saturated carbocycles. The molecule has 0 aliphatic carbocycles. The number of aryl methyl sites for hydroxylation is 2. The predicted molar refractivity (Wildman–Crippen MR) is 84.9 cm³/mol. The van der Waals surface area contributed by atoms with Crippen molar-refractivity contribution in [3.8, 4) is 11.1 Å². The maximum absolute atomic E-state index is 12.2. The number of pyridine rings is 1. The van der Waals surface area contributed by atoms with Gasteiger partial charge >= 0.3 is 5.97 Å². The van der Waals surface area contributed by atoms with E-state index in [0.29, 0.717) is 11.3 Å². The third kappa shape index (κ3) is 2.70. The maximum atomic E-state index is 12.2. The highest BCUT2D eigenvalue weighted by Crippen LogP contribution is 2.33. The van der Waals surface area contributed by atoms with E-state index >= 15 is 0 Å². The van der Waals surface area contributed by atoms with Crippen molar-refractivity contribution >= 4 is 17.6 Å². The van der Waals surface area contributed by atoms with E-state index in [1.807, 2.05) is 31.2 Å². The Kier molecular flexibility index (Phi) is 4.26. The van der Waals surface area contributed by atoms with E-state index in [1.54, 1.807) is 6.92 Å². The Morgan fingerprint density at radius 2 is 1.68 bits per heavy atom. The zero-order valence-electron chi connectivity index (χ0n) is 13.1. The molecule has 0 atom stereocenters. The van der Waals surface area contributed by atoms with Crippen LogP contribution in [0.3, 0.4) is 0 Å². The number of anilines is 1. The summed E-state index contributed by atoms with van der Waals surface area (Å²) in [6.07, 6.45) is 0. The van der Waals surface area contributed by atoms with Crippen molar-refractivity contribution in [1.82, 2.24) is 4.98 Å². The van der Waals surface area contributed by atoms with Gasteiger partial charge in [-0.25, -0.2) is 9.78 Å². The topological polar surface area (TPSA) is 82.3 Å². The van der Waals surface area contributed by atoms with Gasteiger partial charge in [0.15, 0.2) is 5.78 Å². The van der Waals surface area contributed by atoms with Crippen molar-refractivity contribution in [3.05, 3.63) is 46.6 Å². The molecule has 1 heterocycles. The van der Waals surface area contributed by atoms with E-state index in [0.717, 1.165) is 11.1 Å². The fourth-order valence-electron chi connectivity index (χ4n) is 2.44. The van der Waals surface area contributed by atoms with Crippen LogP contribution in [0.5, 0.6) is 0 Å². The third-order valence-electron chi connectivity index (χ3n) is 3.49. The Hall–Kier alpha value is -2.69. The lowest BCUT2D eigenvalue weighted by molar-refractivity contribution is 0.0600. The molecule has 2 rings (SSSR count). The first-order valence-corrected chi connectivity index (χ1v) is 6.83. The van der Waals surface area contributed by atoms with Gasteiger partial charge < -0.3 is 10.5 Å². The van der Waals surface area contributed by atoms with Crippen LogP contribution in [0.25, 0.3) is 11.1 Å². The molecule has 0 saturated heterocycles. The fourth-order valence-corrected chi connectivity index (χ4v) is 2.44. The summed E-state index contributed by atoms with van der Waals surface area (Å²) in [5.74, 6) is -0.665. The van der Waals surface area contributed by atoms with Gasteiger partial charge in [0.1, 0.15) is 5.82 Å². The minimum absolute atomic E-state index is 0.119. The molecule has 0 spiro atoms. The summed E-state index contributed by atoms with van der Waals surface area (Å²) in [5, 5.41) is 0. The molecule has 2 aromatic rings. The van der Waals surface area contributed by atoms with Crippen LogP contribution in [-0.2, 0) is 4.74 Å². The molecule has 0 fully saturated rings. The predicted octanol–water partition coefficient (Wildman–Crippen LogP) is 2.94. The monoisotopic (exact) mass is 298 g/mol. The quantitative estimate of drug-likeness (QED) is 0.696. The minimum atomic E-state index is -0.539. The number of esters is 1. The highest BCUT2D eigenvalue weighted by Gasteiger charge is 2.25. The minimum Gasteiger partial charge on any atom is -0.465 e. The van der Waals surface area contributed by atoms with Crippen LogP contribution in [0.4, 0.5) is 5.82 Å². The van der Waals surface area contributed by atoms with Gasteiger partial charge in [-0.05, 0) is 26.3 Å². The molecule has 5 heteroatoms. The average molecular weight is 298 g/mol. The molecular weight excluding hydrogens is 280 g/mol. The van der Waals surface area contributed by atoms with Crippen LogP contribution in [0.2, 0.25) is 0 Å². The lowest BCUT2D eigenvalue weighted by Crippen LogP contribution is -2.14. The SMILES string of the molecule is COC(=O)c1c(C)nc(N)c(C(C)=O)c1-c1ccc(C)cc1. The van der Waals surface area contributed by atoms with Gasteiger partial charge in [-0.15, -0.1) is 0 Å². The van der Waals surface area contributed by atoms with Gasteiger partial charge in [0.2, 0.25) is 0 Å². The molecule has 0 bridgehead atoms. The molecule has 114 valence electrons. The van der Waals surface area contributed by atoms with Crippen LogP contribution in [0.1, 0.15) is 38.9 Å². The first-order valence-electron chi connectivity index (χ1n) is 6.83. The number of benzene rings is 1. The Morgan fingerprint density at radius 1 is 1.09 bits per heavy atom. The first-order chi connectivity index (χ1) is 10.4. The van der Waals surface area contributed by atoms with Crippen molar-refractivity contribution in [3.63, 3.8) is 0 Å². The second kappa shape index (κ2) is 5.97. The van der Waals surface area contributed by atoms with Crippen molar-refractivity contribution in [2.75, 3.05) is 12.8 Å². The van der Waals surface area contributed by atoms with Gasteiger partial charge in [-0.2, -0.15) is 0 Å². The Balaban J connectivity index is 2.90. The first kappa shape index (κ1) is 15.7. The maximum Gasteiger partial charge on any atom is 0.340 e. The van der Waals surface area contributed by atoms with Crippen LogP contribution < -0.4 is 5.73 Å². The van der Waals surface area contributed by atoms with Crippen LogP contribution in [0.15, 0.2) is 24.3 Å². The molecule has 2 N–H and O–H groups in total. The summed E-state index contributed by atoms with van der Waals surface area (Å²) in [6, 6.07) is 7.52. The number of ether oxygens (including phenoxy) is 1.